The molecule has 0 aliphatic carbocycles. The molecule has 6 heteroatoms. The van der Waals surface area contributed by atoms with Crippen molar-refractivity contribution in [2.24, 2.45) is 4.99 Å². The van der Waals surface area contributed by atoms with Gasteiger partial charge in [0.25, 0.3) is 0 Å². The summed E-state index contributed by atoms with van der Waals surface area (Å²) in [7, 11) is 2.21. The lowest BCUT2D eigenvalue weighted by molar-refractivity contribution is 0.152. The standard InChI is InChI=1S/C22H39N5.HI/c1-5-23-22(25-18-20(3)21-10-8-19(2)9-11-21)24-12-6-7-13-27-16-14-26(4)15-17-27;/h8-11,20H,5-7,12-18H2,1-4H3,(H2,23,24,25);1H. The molecule has 1 saturated heterocycles. The minimum absolute atomic E-state index is 0. The fraction of sp³-hybridized carbons (Fsp3) is 0.682. The molecule has 1 aromatic rings. The summed E-state index contributed by atoms with van der Waals surface area (Å²) >= 11 is 0. The molecule has 2 rings (SSSR count). The molecule has 0 amide bonds. The molecule has 28 heavy (non-hydrogen) atoms. The zero-order valence-electron chi connectivity index (χ0n) is 18.2. The Morgan fingerprint density at radius 1 is 1.07 bits per heavy atom. The lowest BCUT2D eigenvalue weighted by Gasteiger charge is -2.32. The van der Waals surface area contributed by atoms with Crippen LogP contribution < -0.4 is 10.6 Å². The SMILES string of the molecule is CCNC(=NCC(C)c1ccc(C)cc1)NCCCCN1CCN(C)CC1.I. The summed E-state index contributed by atoms with van der Waals surface area (Å²) in [5.74, 6) is 1.37. The van der Waals surface area contributed by atoms with Gasteiger partial charge in [0.1, 0.15) is 0 Å². The van der Waals surface area contributed by atoms with E-state index in [1.165, 1.54) is 56.7 Å². The third-order valence-electron chi connectivity index (χ3n) is 5.30. The molecule has 1 atom stereocenters. The summed E-state index contributed by atoms with van der Waals surface area (Å²) in [4.78, 5) is 9.78. The Labute approximate surface area is 189 Å². The maximum absolute atomic E-state index is 4.79. The first kappa shape index (κ1) is 25.2. The molecule has 160 valence electrons. The number of halogens is 1. The van der Waals surface area contributed by atoms with Gasteiger partial charge in [-0.2, -0.15) is 0 Å². The van der Waals surface area contributed by atoms with Gasteiger partial charge in [0.2, 0.25) is 0 Å². The van der Waals surface area contributed by atoms with Gasteiger partial charge < -0.3 is 20.4 Å². The molecule has 2 N–H and O–H groups in total. The maximum atomic E-state index is 4.79. The van der Waals surface area contributed by atoms with Gasteiger partial charge in [-0.15, -0.1) is 24.0 Å². The van der Waals surface area contributed by atoms with Crippen molar-refractivity contribution in [1.82, 2.24) is 20.4 Å². The highest BCUT2D eigenvalue weighted by Crippen LogP contribution is 2.15. The summed E-state index contributed by atoms with van der Waals surface area (Å²) < 4.78 is 0. The van der Waals surface area contributed by atoms with Crippen LogP contribution in [0.1, 0.15) is 43.7 Å². The van der Waals surface area contributed by atoms with Crippen LogP contribution in [-0.2, 0) is 0 Å². The molecular weight excluding hydrogens is 461 g/mol. The predicted molar refractivity (Wildman–Crippen MR) is 132 cm³/mol. The first-order valence-corrected chi connectivity index (χ1v) is 10.6. The number of aryl methyl sites for hydroxylation is 1. The molecule has 0 bridgehead atoms. The number of likely N-dealkylation sites (N-methyl/N-ethyl adjacent to an activating group) is 1. The second-order valence-electron chi connectivity index (χ2n) is 7.81. The van der Waals surface area contributed by atoms with Gasteiger partial charge in [-0.25, -0.2) is 0 Å². The van der Waals surface area contributed by atoms with Gasteiger partial charge in [0.15, 0.2) is 5.96 Å². The molecule has 0 aromatic heterocycles. The molecule has 1 heterocycles. The molecule has 1 aliphatic heterocycles. The van der Waals surface area contributed by atoms with Crippen molar-refractivity contribution in [3.8, 4) is 0 Å². The van der Waals surface area contributed by atoms with Crippen LogP contribution in [0.25, 0.3) is 0 Å². The quantitative estimate of drug-likeness (QED) is 0.236. The Hall–Kier alpha value is -0.860. The van der Waals surface area contributed by atoms with Crippen LogP contribution >= 0.6 is 24.0 Å². The van der Waals surface area contributed by atoms with Crippen molar-refractivity contribution in [2.45, 2.75) is 39.5 Å². The summed E-state index contributed by atoms with van der Waals surface area (Å²) in [6, 6.07) is 8.79. The van der Waals surface area contributed by atoms with E-state index in [0.29, 0.717) is 5.92 Å². The van der Waals surface area contributed by atoms with Gasteiger partial charge in [0.05, 0.1) is 0 Å². The van der Waals surface area contributed by atoms with Crippen LogP contribution in [-0.4, -0.2) is 75.2 Å². The second-order valence-corrected chi connectivity index (χ2v) is 7.81. The fourth-order valence-electron chi connectivity index (χ4n) is 3.31. The van der Waals surface area contributed by atoms with E-state index in [1.807, 2.05) is 0 Å². The highest BCUT2D eigenvalue weighted by atomic mass is 127. The zero-order valence-corrected chi connectivity index (χ0v) is 20.5. The van der Waals surface area contributed by atoms with E-state index in [2.05, 4.69) is 72.5 Å². The van der Waals surface area contributed by atoms with Gasteiger partial charge >= 0.3 is 0 Å². The van der Waals surface area contributed by atoms with Crippen molar-refractivity contribution in [3.63, 3.8) is 0 Å². The monoisotopic (exact) mass is 501 g/mol. The van der Waals surface area contributed by atoms with Crippen molar-refractivity contribution in [2.75, 3.05) is 59.4 Å². The normalized spacial score (nSPS) is 17.1. The second kappa shape index (κ2) is 14.2. The molecule has 5 nitrogen and oxygen atoms in total. The summed E-state index contributed by atoms with van der Waals surface area (Å²) in [6.45, 7) is 15.2. The molecule has 0 spiro atoms. The smallest absolute Gasteiger partial charge is 0.191 e. The van der Waals surface area contributed by atoms with Gasteiger partial charge in [-0.05, 0) is 45.8 Å². The van der Waals surface area contributed by atoms with Crippen LogP contribution in [0, 0.1) is 6.92 Å². The zero-order chi connectivity index (χ0) is 19.5. The Balaban J connectivity index is 0.00000392. The van der Waals surface area contributed by atoms with E-state index in [0.717, 1.165) is 25.6 Å². The van der Waals surface area contributed by atoms with Crippen LogP contribution in [0.5, 0.6) is 0 Å². The van der Waals surface area contributed by atoms with E-state index in [9.17, 15) is 0 Å². The van der Waals surface area contributed by atoms with Gasteiger partial charge in [0, 0.05) is 51.7 Å². The third-order valence-corrected chi connectivity index (χ3v) is 5.30. The molecule has 0 radical (unpaired) electrons. The molecule has 1 fully saturated rings. The number of unbranched alkanes of at least 4 members (excludes halogenated alkanes) is 1. The molecule has 0 saturated carbocycles. The van der Waals surface area contributed by atoms with E-state index in [-0.39, 0.29) is 24.0 Å². The van der Waals surface area contributed by atoms with Crippen molar-refractivity contribution in [3.05, 3.63) is 35.4 Å². The molecule has 1 aromatic carbocycles. The fourth-order valence-corrected chi connectivity index (χ4v) is 3.31. The Bertz CT molecular complexity index is 553. The highest BCUT2D eigenvalue weighted by molar-refractivity contribution is 14.0. The van der Waals surface area contributed by atoms with Crippen LogP contribution in [0.15, 0.2) is 29.3 Å². The first-order valence-electron chi connectivity index (χ1n) is 10.6. The van der Waals surface area contributed by atoms with Crippen LogP contribution in [0.2, 0.25) is 0 Å². The number of benzene rings is 1. The Morgan fingerprint density at radius 3 is 2.39 bits per heavy atom. The summed E-state index contributed by atoms with van der Waals surface area (Å²) in [5, 5.41) is 6.86. The summed E-state index contributed by atoms with van der Waals surface area (Å²) in [5.41, 5.74) is 2.66. The number of piperazine rings is 1. The van der Waals surface area contributed by atoms with E-state index < -0.39 is 0 Å². The topological polar surface area (TPSA) is 42.9 Å². The number of nitrogens with one attached hydrogen (secondary N) is 2. The number of rotatable bonds is 9. The average molecular weight is 502 g/mol. The maximum Gasteiger partial charge on any atom is 0.191 e. The van der Waals surface area contributed by atoms with Gasteiger partial charge in [-0.3, -0.25) is 4.99 Å². The minimum Gasteiger partial charge on any atom is -0.357 e. The van der Waals surface area contributed by atoms with E-state index in [4.69, 9.17) is 4.99 Å². The number of hydrogen-bond donors (Lipinski definition) is 2. The van der Waals surface area contributed by atoms with Crippen LogP contribution in [0.4, 0.5) is 0 Å². The number of guanidine groups is 1. The lowest BCUT2D eigenvalue weighted by atomic mass is 10.0. The van der Waals surface area contributed by atoms with Crippen molar-refractivity contribution >= 4 is 29.9 Å². The lowest BCUT2D eigenvalue weighted by Crippen LogP contribution is -2.44. The molecule has 1 aliphatic rings. The number of aliphatic imine (C=N–C) groups is 1. The highest BCUT2D eigenvalue weighted by Gasteiger charge is 2.12. The Kier molecular flexibility index (Phi) is 12.7. The molecular formula is C22H40IN5. The predicted octanol–water partition coefficient (Wildman–Crippen LogP) is 3.30. The summed E-state index contributed by atoms with van der Waals surface area (Å²) in [6.07, 6.45) is 2.43. The first-order chi connectivity index (χ1) is 13.1. The van der Waals surface area contributed by atoms with Crippen LogP contribution in [0.3, 0.4) is 0 Å². The minimum atomic E-state index is 0. The van der Waals surface area contributed by atoms with Crippen molar-refractivity contribution in [1.29, 1.82) is 0 Å². The Morgan fingerprint density at radius 2 is 1.75 bits per heavy atom. The molecule has 1 unspecified atom stereocenters. The van der Waals surface area contributed by atoms with E-state index in [1.54, 1.807) is 0 Å². The average Bonchev–Trinajstić information content (AvgIpc) is 2.67. The van der Waals surface area contributed by atoms with E-state index >= 15 is 0 Å². The number of nitrogens with zero attached hydrogens (tertiary/aromatic N) is 3. The largest absolute Gasteiger partial charge is 0.357 e. The van der Waals surface area contributed by atoms with Gasteiger partial charge in [-0.1, -0.05) is 36.8 Å². The van der Waals surface area contributed by atoms with Crippen molar-refractivity contribution < 1.29 is 0 Å². The third kappa shape index (κ3) is 9.56. The number of hydrogen-bond acceptors (Lipinski definition) is 3.